The highest BCUT2D eigenvalue weighted by Gasteiger charge is 2.21. The van der Waals surface area contributed by atoms with Crippen molar-refractivity contribution in [3.63, 3.8) is 0 Å². The molecule has 1 amide bonds. The van der Waals surface area contributed by atoms with E-state index in [9.17, 15) is 9.59 Å². The van der Waals surface area contributed by atoms with E-state index < -0.39 is 5.63 Å². The summed E-state index contributed by atoms with van der Waals surface area (Å²) in [5.74, 6) is 2.56. The Morgan fingerprint density at radius 1 is 0.846 bits per heavy atom. The normalized spacial score (nSPS) is 13.2. The summed E-state index contributed by atoms with van der Waals surface area (Å²) >= 11 is 0. The van der Waals surface area contributed by atoms with Gasteiger partial charge in [-0.1, -0.05) is 0 Å². The maximum Gasteiger partial charge on any atom is 0.335 e. The lowest BCUT2D eigenvalue weighted by Crippen LogP contribution is -2.36. The maximum atomic E-state index is 13.5. The summed E-state index contributed by atoms with van der Waals surface area (Å²) in [4.78, 5) is 29.0. The van der Waals surface area contributed by atoms with Gasteiger partial charge in [-0.05, 0) is 72.8 Å². The lowest BCUT2D eigenvalue weighted by Gasteiger charge is -2.26. The van der Waals surface area contributed by atoms with Crippen molar-refractivity contribution >= 4 is 11.6 Å². The zero-order valence-electron chi connectivity index (χ0n) is 23.0. The van der Waals surface area contributed by atoms with Crippen LogP contribution in [0.4, 0.5) is 5.69 Å². The number of rotatable bonds is 11. The number of nitrogens with zero attached hydrogens (tertiary/aromatic N) is 2. The molecule has 2 heterocycles. The molecule has 0 saturated heterocycles. The molecule has 0 aliphatic carbocycles. The van der Waals surface area contributed by atoms with Gasteiger partial charge in [0.05, 0.1) is 41.1 Å². The van der Waals surface area contributed by atoms with E-state index >= 15 is 0 Å². The van der Waals surface area contributed by atoms with Crippen molar-refractivity contribution in [3.05, 3.63) is 75.8 Å². The highest BCUT2D eigenvalue weighted by molar-refractivity contribution is 5.95. The Kier molecular flexibility index (Phi) is 9.49. The molecule has 0 bridgehead atoms. The molecule has 0 N–H and O–H groups in total. The van der Waals surface area contributed by atoms with Crippen molar-refractivity contribution in [2.45, 2.75) is 25.7 Å². The average Bonchev–Trinajstić information content (AvgIpc) is 3.16. The molecule has 1 aromatic heterocycles. The van der Waals surface area contributed by atoms with Crippen LogP contribution in [-0.4, -0.2) is 65.4 Å². The van der Waals surface area contributed by atoms with E-state index in [1.165, 1.54) is 23.5 Å². The van der Waals surface area contributed by atoms with E-state index in [2.05, 4.69) is 17.0 Å². The van der Waals surface area contributed by atoms with E-state index in [1.807, 2.05) is 12.1 Å². The van der Waals surface area contributed by atoms with Gasteiger partial charge < -0.3 is 33.2 Å². The lowest BCUT2D eigenvalue weighted by molar-refractivity contribution is -0.118. The Morgan fingerprint density at radius 2 is 1.46 bits per heavy atom. The van der Waals surface area contributed by atoms with Gasteiger partial charge in [-0.2, -0.15) is 0 Å². The topological polar surface area (TPSA) is 90.7 Å². The van der Waals surface area contributed by atoms with Gasteiger partial charge in [-0.3, -0.25) is 4.79 Å². The van der Waals surface area contributed by atoms with E-state index in [-0.39, 0.29) is 12.3 Å². The van der Waals surface area contributed by atoms with E-state index in [4.69, 9.17) is 23.4 Å². The minimum absolute atomic E-state index is 0.0986. The first kappa shape index (κ1) is 28.0. The fourth-order valence-electron chi connectivity index (χ4n) is 4.92. The Morgan fingerprint density at radius 3 is 2.03 bits per heavy atom. The first-order valence-corrected chi connectivity index (χ1v) is 13.0. The number of hydrogen-bond donors (Lipinski definition) is 0. The molecule has 9 heteroatoms. The summed E-state index contributed by atoms with van der Waals surface area (Å²) in [6, 6.07) is 12.6. The quantitative estimate of drug-likeness (QED) is 0.366. The van der Waals surface area contributed by atoms with Crippen LogP contribution in [0, 0.1) is 0 Å². The molecule has 0 saturated carbocycles. The number of methoxy groups -OCH3 is 4. The van der Waals surface area contributed by atoms with Gasteiger partial charge in [0.15, 0.2) is 23.0 Å². The van der Waals surface area contributed by atoms with Crippen LogP contribution in [0.15, 0.2) is 57.9 Å². The zero-order valence-corrected chi connectivity index (χ0v) is 23.0. The average molecular weight is 537 g/mol. The van der Waals surface area contributed by atoms with Crippen LogP contribution < -0.4 is 29.5 Å². The lowest BCUT2D eigenvalue weighted by atomic mass is 10.0. The summed E-state index contributed by atoms with van der Waals surface area (Å²) in [5.41, 5.74) is 3.48. The molecule has 208 valence electrons. The fourth-order valence-corrected chi connectivity index (χ4v) is 4.92. The summed E-state index contributed by atoms with van der Waals surface area (Å²) in [5, 5.41) is 0. The SMILES string of the molecule is COc1ccc(N(CCCN2CCc3cc(OC)c(OC)cc3CC2)C(=O)Cc2ccc(=O)oc2)cc1OC. The van der Waals surface area contributed by atoms with Gasteiger partial charge in [0.1, 0.15) is 0 Å². The van der Waals surface area contributed by atoms with Crippen LogP contribution >= 0.6 is 0 Å². The summed E-state index contributed by atoms with van der Waals surface area (Å²) in [7, 11) is 6.47. The van der Waals surface area contributed by atoms with Crippen molar-refractivity contribution in [1.82, 2.24) is 4.90 Å². The van der Waals surface area contributed by atoms with E-state index in [0.29, 0.717) is 23.6 Å². The van der Waals surface area contributed by atoms with Crippen molar-refractivity contribution in [3.8, 4) is 23.0 Å². The fraction of sp³-hybridized carbons (Fsp3) is 0.400. The number of anilines is 1. The number of benzene rings is 2. The second-order valence-corrected chi connectivity index (χ2v) is 9.40. The Labute approximate surface area is 228 Å². The highest BCUT2D eigenvalue weighted by Crippen LogP contribution is 2.33. The third kappa shape index (κ3) is 6.92. The monoisotopic (exact) mass is 536 g/mol. The minimum Gasteiger partial charge on any atom is -0.493 e. The molecule has 0 radical (unpaired) electrons. The molecule has 4 rings (SSSR count). The molecule has 1 aliphatic rings. The standard InChI is InChI=1S/C30H36N2O7/c1-35-25-8-7-24(19-28(25)38-4)32(29(33)16-21-6-9-30(34)39-20-21)13-5-12-31-14-10-22-17-26(36-2)27(37-3)18-23(22)11-15-31/h6-9,17-20H,5,10-16H2,1-4H3. The van der Waals surface area contributed by atoms with Crippen molar-refractivity contribution < 1.29 is 28.2 Å². The van der Waals surface area contributed by atoms with Crippen molar-refractivity contribution in [2.24, 2.45) is 0 Å². The molecule has 39 heavy (non-hydrogen) atoms. The largest absolute Gasteiger partial charge is 0.493 e. The third-order valence-electron chi connectivity index (χ3n) is 7.05. The first-order chi connectivity index (χ1) is 18.9. The second-order valence-electron chi connectivity index (χ2n) is 9.40. The second kappa shape index (κ2) is 13.2. The van der Waals surface area contributed by atoms with Crippen LogP contribution in [0.3, 0.4) is 0 Å². The summed E-state index contributed by atoms with van der Waals surface area (Å²) < 4.78 is 26.8. The summed E-state index contributed by atoms with van der Waals surface area (Å²) in [6.07, 6.45) is 4.08. The smallest absolute Gasteiger partial charge is 0.335 e. The maximum absolute atomic E-state index is 13.5. The first-order valence-electron chi connectivity index (χ1n) is 13.0. The van der Waals surface area contributed by atoms with E-state index in [1.54, 1.807) is 45.5 Å². The Hall–Kier alpha value is -3.98. The zero-order chi connectivity index (χ0) is 27.8. The highest BCUT2D eigenvalue weighted by atomic mass is 16.5. The molecule has 0 atom stereocenters. The number of ether oxygens (including phenoxy) is 4. The Balaban J connectivity index is 1.45. The number of amides is 1. The minimum atomic E-state index is -0.445. The predicted molar refractivity (Wildman–Crippen MR) is 149 cm³/mol. The van der Waals surface area contributed by atoms with Crippen molar-refractivity contribution in [1.29, 1.82) is 0 Å². The molecule has 0 unspecified atom stereocenters. The van der Waals surface area contributed by atoms with Gasteiger partial charge in [-0.15, -0.1) is 0 Å². The molecule has 0 spiro atoms. The number of fused-ring (bicyclic) bond motifs is 1. The van der Waals surface area contributed by atoms with Crippen LogP contribution in [0.1, 0.15) is 23.1 Å². The molecule has 0 fully saturated rings. The van der Waals surface area contributed by atoms with Crippen LogP contribution in [0.5, 0.6) is 23.0 Å². The molecular formula is C30H36N2O7. The molecule has 2 aromatic carbocycles. The molecular weight excluding hydrogens is 500 g/mol. The summed E-state index contributed by atoms with van der Waals surface area (Å²) in [6.45, 7) is 3.22. The number of hydrogen-bond acceptors (Lipinski definition) is 8. The van der Waals surface area contributed by atoms with Crippen LogP contribution in [0.25, 0.3) is 0 Å². The predicted octanol–water partition coefficient (Wildman–Crippen LogP) is 3.74. The van der Waals surface area contributed by atoms with Crippen molar-refractivity contribution in [2.75, 3.05) is 59.5 Å². The van der Waals surface area contributed by atoms with Gasteiger partial charge in [-0.25, -0.2) is 4.79 Å². The molecule has 1 aliphatic heterocycles. The van der Waals surface area contributed by atoms with Gasteiger partial charge in [0.2, 0.25) is 5.91 Å². The molecule has 9 nitrogen and oxygen atoms in total. The molecule has 3 aromatic rings. The third-order valence-corrected chi connectivity index (χ3v) is 7.05. The van der Waals surface area contributed by atoms with Crippen LogP contribution in [0.2, 0.25) is 0 Å². The van der Waals surface area contributed by atoms with Gasteiger partial charge in [0, 0.05) is 37.5 Å². The number of carbonyl (C=O) groups is 1. The van der Waals surface area contributed by atoms with Gasteiger partial charge >= 0.3 is 5.63 Å². The van der Waals surface area contributed by atoms with Crippen LogP contribution in [-0.2, 0) is 24.1 Å². The number of carbonyl (C=O) groups excluding carboxylic acids is 1. The van der Waals surface area contributed by atoms with Gasteiger partial charge in [0.25, 0.3) is 0 Å². The Bertz CT molecular complexity index is 1280. The van der Waals surface area contributed by atoms with E-state index in [0.717, 1.165) is 56.1 Å².